The fourth-order valence-electron chi connectivity index (χ4n) is 6.21. The fraction of sp³-hybridized carbons (Fsp3) is 0.306. The maximum atomic E-state index is 12.8. The largest absolute Gasteiger partial charge is 0.392 e. The normalized spacial score (nSPS) is 21.1. The first kappa shape index (κ1) is 31.6. The van der Waals surface area contributed by atoms with E-state index in [-0.39, 0.29) is 48.0 Å². The molecule has 4 heterocycles. The lowest BCUT2D eigenvalue weighted by Crippen LogP contribution is -2.50. The Balaban J connectivity index is 1.00. The summed E-state index contributed by atoms with van der Waals surface area (Å²) >= 11 is 0. The van der Waals surface area contributed by atoms with E-state index in [1.807, 2.05) is 54.6 Å². The van der Waals surface area contributed by atoms with Crippen molar-refractivity contribution < 1.29 is 33.7 Å². The second-order valence-electron chi connectivity index (χ2n) is 12.0. The van der Waals surface area contributed by atoms with Gasteiger partial charge in [-0.15, -0.1) is 0 Å². The molecule has 3 aromatic carbocycles. The van der Waals surface area contributed by atoms with Crippen LogP contribution < -0.4 is 10.2 Å². The van der Waals surface area contributed by atoms with E-state index < -0.39 is 18.2 Å². The molecule has 0 radical (unpaired) electrons. The molecule has 3 aliphatic heterocycles. The number of aromatic nitrogens is 2. The third kappa shape index (κ3) is 6.97. The van der Waals surface area contributed by atoms with Crippen molar-refractivity contribution in [2.24, 2.45) is 0 Å². The zero-order valence-electron chi connectivity index (χ0n) is 26.2. The lowest BCUT2D eigenvalue weighted by atomic mass is 9.99. The average Bonchev–Trinajstić information content (AvgIpc) is 3.43. The highest BCUT2D eigenvalue weighted by atomic mass is 16.7. The van der Waals surface area contributed by atoms with Crippen LogP contribution >= 0.6 is 0 Å². The number of carbonyl (C=O) groups is 3. The highest BCUT2D eigenvalue weighted by molar-refractivity contribution is 6.15. The molecule has 0 bridgehead atoms. The molecule has 0 spiro atoms. The van der Waals surface area contributed by atoms with E-state index in [1.54, 1.807) is 12.4 Å². The molecule has 2 N–H and O–H groups in total. The van der Waals surface area contributed by atoms with Gasteiger partial charge in [0.1, 0.15) is 0 Å². The minimum Gasteiger partial charge on any atom is -0.392 e. The molecule has 12 nitrogen and oxygen atoms in total. The number of hydrogen-bond donors (Lipinski definition) is 2. The number of fused-ring (bicyclic) bond motifs is 1. The van der Waals surface area contributed by atoms with E-state index in [2.05, 4.69) is 29.8 Å². The van der Waals surface area contributed by atoms with Crippen molar-refractivity contribution in [3.8, 4) is 0 Å². The second-order valence-corrected chi connectivity index (χ2v) is 12.0. The molecule has 3 aliphatic rings. The standard InChI is InChI=1S/C36H35N5O7/c42-22-24-4-6-25(7-5-24)31-19-28(21-40-14-16-41(17-15-40)36-37-12-1-13-38-36)46-35(47-31)26-8-2-23(3-9-26)20-39-32(43)27-10-11-29-30(18-27)34(45)48-33(29)44/h1-13,18,28,31,35,42H,14-17,19-22H2,(H,39,43). The Morgan fingerprint density at radius 1 is 0.833 bits per heavy atom. The number of nitrogens with one attached hydrogen (secondary N) is 1. The number of aliphatic hydroxyl groups excluding tert-OH is 1. The summed E-state index contributed by atoms with van der Waals surface area (Å²) in [6, 6.07) is 21.7. The Morgan fingerprint density at radius 3 is 2.25 bits per heavy atom. The number of carbonyl (C=O) groups excluding carboxylic acids is 3. The second kappa shape index (κ2) is 14.0. The van der Waals surface area contributed by atoms with Crippen LogP contribution in [0.3, 0.4) is 0 Å². The minimum absolute atomic E-state index is 0.0179. The summed E-state index contributed by atoms with van der Waals surface area (Å²) < 4.78 is 17.7. The van der Waals surface area contributed by atoms with Gasteiger partial charge in [0.15, 0.2) is 6.29 Å². The molecule has 0 aliphatic carbocycles. The van der Waals surface area contributed by atoms with Crippen LogP contribution in [0.15, 0.2) is 85.2 Å². The number of ether oxygens (including phenoxy) is 3. The van der Waals surface area contributed by atoms with Gasteiger partial charge in [0.2, 0.25) is 5.95 Å². The summed E-state index contributed by atoms with van der Waals surface area (Å²) in [5.41, 5.74) is 4.11. The zero-order valence-corrected chi connectivity index (χ0v) is 26.2. The summed E-state index contributed by atoms with van der Waals surface area (Å²) in [7, 11) is 0. The molecule has 12 heteroatoms. The predicted molar refractivity (Wildman–Crippen MR) is 173 cm³/mol. The Morgan fingerprint density at radius 2 is 1.52 bits per heavy atom. The number of aliphatic hydroxyl groups is 1. The first-order chi connectivity index (χ1) is 23.4. The van der Waals surface area contributed by atoms with Gasteiger partial charge < -0.3 is 29.5 Å². The molecular weight excluding hydrogens is 614 g/mol. The molecule has 3 atom stereocenters. The van der Waals surface area contributed by atoms with Crippen molar-refractivity contribution >= 4 is 23.8 Å². The van der Waals surface area contributed by atoms with Crippen molar-refractivity contribution in [3.05, 3.63) is 124 Å². The van der Waals surface area contributed by atoms with E-state index in [0.29, 0.717) is 6.42 Å². The molecular formula is C36H35N5O7. The number of esters is 2. The van der Waals surface area contributed by atoms with Gasteiger partial charge >= 0.3 is 11.9 Å². The molecule has 2 fully saturated rings. The molecule has 4 aromatic rings. The maximum Gasteiger partial charge on any atom is 0.346 e. The number of piperazine rings is 1. The number of benzene rings is 3. The lowest BCUT2D eigenvalue weighted by Gasteiger charge is -2.40. The van der Waals surface area contributed by atoms with E-state index >= 15 is 0 Å². The van der Waals surface area contributed by atoms with Crippen LogP contribution in [-0.2, 0) is 27.4 Å². The van der Waals surface area contributed by atoms with Gasteiger partial charge in [0.25, 0.3) is 5.91 Å². The molecule has 246 valence electrons. The van der Waals surface area contributed by atoms with E-state index in [9.17, 15) is 19.5 Å². The highest BCUT2D eigenvalue weighted by Gasteiger charge is 2.34. The monoisotopic (exact) mass is 649 g/mol. The van der Waals surface area contributed by atoms with Gasteiger partial charge in [-0.2, -0.15) is 0 Å². The third-order valence-corrected chi connectivity index (χ3v) is 8.90. The smallest absolute Gasteiger partial charge is 0.346 e. The van der Waals surface area contributed by atoms with Gasteiger partial charge in [-0.3, -0.25) is 9.69 Å². The summed E-state index contributed by atoms with van der Waals surface area (Å²) in [4.78, 5) is 49.8. The fourth-order valence-corrected chi connectivity index (χ4v) is 6.21. The van der Waals surface area contributed by atoms with Crippen LogP contribution in [0.5, 0.6) is 0 Å². The summed E-state index contributed by atoms with van der Waals surface area (Å²) in [6.07, 6.45) is 3.35. The van der Waals surface area contributed by atoms with Crippen LogP contribution in [-0.4, -0.2) is 76.6 Å². The number of anilines is 1. The van der Waals surface area contributed by atoms with Crippen molar-refractivity contribution in [1.29, 1.82) is 0 Å². The van der Waals surface area contributed by atoms with Crippen LogP contribution in [0.25, 0.3) is 0 Å². The topological polar surface area (TPSA) is 143 Å². The Labute approximate surface area is 277 Å². The van der Waals surface area contributed by atoms with Crippen LogP contribution in [0, 0.1) is 0 Å². The van der Waals surface area contributed by atoms with Crippen molar-refractivity contribution in [2.45, 2.75) is 38.1 Å². The number of amides is 1. The molecule has 2 saturated heterocycles. The third-order valence-electron chi connectivity index (χ3n) is 8.90. The Bertz CT molecular complexity index is 1780. The highest BCUT2D eigenvalue weighted by Crippen LogP contribution is 2.38. The van der Waals surface area contributed by atoms with Gasteiger partial charge in [-0.05, 0) is 41.0 Å². The van der Waals surface area contributed by atoms with Crippen molar-refractivity contribution in [1.82, 2.24) is 20.2 Å². The minimum atomic E-state index is -0.750. The molecule has 1 amide bonds. The van der Waals surface area contributed by atoms with Gasteiger partial charge in [-0.25, -0.2) is 19.6 Å². The first-order valence-electron chi connectivity index (χ1n) is 16.0. The van der Waals surface area contributed by atoms with Gasteiger partial charge in [-0.1, -0.05) is 48.5 Å². The van der Waals surface area contributed by atoms with Crippen LogP contribution in [0.2, 0.25) is 0 Å². The molecule has 48 heavy (non-hydrogen) atoms. The quantitative estimate of drug-likeness (QED) is 0.203. The number of nitrogens with zero attached hydrogens (tertiary/aromatic N) is 4. The molecule has 3 unspecified atom stereocenters. The van der Waals surface area contributed by atoms with E-state index in [0.717, 1.165) is 60.9 Å². The molecule has 7 rings (SSSR count). The van der Waals surface area contributed by atoms with Gasteiger partial charge in [0.05, 0.1) is 29.9 Å². The number of hydrogen-bond acceptors (Lipinski definition) is 11. The summed E-state index contributed by atoms with van der Waals surface area (Å²) in [5, 5.41) is 12.4. The first-order valence-corrected chi connectivity index (χ1v) is 16.0. The summed E-state index contributed by atoms with van der Waals surface area (Å²) in [5.74, 6) is -1.08. The SMILES string of the molecule is O=C(NCc1ccc(C2OC(CN3CCN(c4ncccn4)CC3)CC(c3ccc(CO)cc3)O2)cc1)c1ccc2c(c1)C(=O)OC2=O. The Hall–Kier alpha value is -5.01. The lowest BCUT2D eigenvalue weighted by molar-refractivity contribution is -0.253. The number of rotatable bonds is 9. The van der Waals surface area contributed by atoms with Crippen molar-refractivity contribution in [3.63, 3.8) is 0 Å². The van der Waals surface area contributed by atoms with Crippen LogP contribution in [0.1, 0.15) is 72.1 Å². The average molecular weight is 650 g/mol. The molecule has 0 saturated carbocycles. The van der Waals surface area contributed by atoms with Crippen LogP contribution in [0.4, 0.5) is 5.95 Å². The maximum absolute atomic E-state index is 12.8. The number of cyclic esters (lactones) is 2. The predicted octanol–water partition coefficient (Wildman–Crippen LogP) is 3.58. The Kier molecular flexibility index (Phi) is 9.21. The zero-order chi connectivity index (χ0) is 33.0. The van der Waals surface area contributed by atoms with E-state index in [1.165, 1.54) is 18.2 Å². The molecule has 1 aromatic heterocycles. The summed E-state index contributed by atoms with van der Waals surface area (Å²) in [6.45, 7) is 4.40. The van der Waals surface area contributed by atoms with Gasteiger partial charge in [0, 0.05) is 69.2 Å². The van der Waals surface area contributed by atoms with E-state index in [4.69, 9.17) is 9.47 Å². The van der Waals surface area contributed by atoms with Crippen molar-refractivity contribution in [2.75, 3.05) is 37.6 Å².